The summed E-state index contributed by atoms with van der Waals surface area (Å²) < 4.78 is 32.9. The Hall–Kier alpha value is -2.16. The third kappa shape index (κ3) is 4.04. The van der Waals surface area contributed by atoms with Crippen molar-refractivity contribution in [1.29, 1.82) is 0 Å². The number of fused-ring (bicyclic) bond motifs is 1. The Balaban J connectivity index is 1.52. The second kappa shape index (κ2) is 8.76. The van der Waals surface area contributed by atoms with Crippen LogP contribution in [0, 0.1) is 12.8 Å². The van der Waals surface area contributed by atoms with E-state index < -0.39 is 10.0 Å². The molecule has 1 amide bonds. The average Bonchev–Trinajstić information content (AvgIpc) is 2.79. The number of ether oxygens (including phenoxy) is 1. The van der Waals surface area contributed by atoms with Gasteiger partial charge < -0.3 is 9.64 Å². The maximum atomic E-state index is 13.4. The van der Waals surface area contributed by atoms with Gasteiger partial charge in [0.1, 0.15) is 15.8 Å². The van der Waals surface area contributed by atoms with Gasteiger partial charge in [-0.3, -0.25) is 4.79 Å². The Kier molecular flexibility index (Phi) is 6.23. The number of pyridine rings is 1. The lowest BCUT2D eigenvalue weighted by Gasteiger charge is -2.37. The summed E-state index contributed by atoms with van der Waals surface area (Å²) in [4.78, 5) is 19.2. The maximum absolute atomic E-state index is 13.4. The molecule has 0 saturated carbocycles. The Morgan fingerprint density at radius 2 is 1.94 bits per heavy atom. The predicted octanol–water partition coefficient (Wildman–Crippen LogP) is 3.43. The lowest BCUT2D eigenvalue weighted by atomic mass is 9.92. The van der Waals surface area contributed by atoms with Crippen LogP contribution in [0.5, 0.6) is 5.75 Å². The molecule has 1 fully saturated rings. The number of benzene rings is 1. The summed E-state index contributed by atoms with van der Waals surface area (Å²) in [5.41, 5.74) is 3.18. The number of carbonyl (C=O) groups excluding carboxylic acids is 1. The van der Waals surface area contributed by atoms with Crippen molar-refractivity contribution in [2.45, 2.75) is 37.5 Å². The number of methoxy groups -OCH3 is 1. The van der Waals surface area contributed by atoms with E-state index in [1.165, 1.54) is 16.6 Å². The summed E-state index contributed by atoms with van der Waals surface area (Å²) in [6.45, 7) is 3.25. The second-order valence-electron chi connectivity index (χ2n) is 7.98. The molecule has 0 spiro atoms. The van der Waals surface area contributed by atoms with Crippen LogP contribution in [0.3, 0.4) is 0 Å². The number of aryl methyl sites for hydroxylation is 1. The van der Waals surface area contributed by atoms with Gasteiger partial charge in [-0.15, -0.1) is 0 Å². The highest BCUT2D eigenvalue weighted by Crippen LogP contribution is 2.40. The third-order valence-electron chi connectivity index (χ3n) is 6.19. The van der Waals surface area contributed by atoms with E-state index in [2.05, 4.69) is 11.9 Å². The van der Waals surface area contributed by atoms with Gasteiger partial charge in [0.25, 0.3) is 0 Å². The first-order valence-corrected chi connectivity index (χ1v) is 12.2. The highest BCUT2D eigenvalue weighted by molar-refractivity contribution is 7.89. The van der Waals surface area contributed by atoms with E-state index >= 15 is 0 Å². The Morgan fingerprint density at radius 3 is 2.61 bits per heavy atom. The van der Waals surface area contributed by atoms with Crippen LogP contribution >= 0.6 is 11.6 Å². The highest BCUT2D eigenvalue weighted by Gasteiger charge is 2.37. The number of sulfonamides is 1. The molecule has 1 aromatic carbocycles. The van der Waals surface area contributed by atoms with Crippen molar-refractivity contribution in [2.75, 3.05) is 31.6 Å². The Labute approximate surface area is 188 Å². The molecule has 2 aliphatic rings. The van der Waals surface area contributed by atoms with E-state index in [9.17, 15) is 13.2 Å². The number of hydrogen-bond acceptors (Lipinski definition) is 5. The quantitative estimate of drug-likeness (QED) is 0.649. The largest absolute Gasteiger partial charge is 0.495 e. The van der Waals surface area contributed by atoms with E-state index in [-0.39, 0.29) is 35.0 Å². The minimum atomic E-state index is -3.74. The third-order valence-corrected chi connectivity index (χ3v) is 8.53. The lowest BCUT2D eigenvalue weighted by Crippen LogP contribution is -2.46. The average molecular weight is 464 g/mol. The minimum absolute atomic E-state index is 0.00612. The number of amides is 1. The van der Waals surface area contributed by atoms with E-state index in [1.54, 1.807) is 13.2 Å². The van der Waals surface area contributed by atoms with Crippen molar-refractivity contribution in [3.63, 3.8) is 0 Å². The number of aromatic nitrogens is 1. The molecular formula is C22H26ClN3O4S. The molecule has 7 nitrogen and oxygen atoms in total. The van der Waals surface area contributed by atoms with Crippen molar-refractivity contribution in [1.82, 2.24) is 9.29 Å². The predicted molar refractivity (Wildman–Crippen MR) is 119 cm³/mol. The summed E-state index contributed by atoms with van der Waals surface area (Å²) in [7, 11) is -2.12. The SMILES string of the molecule is COc1ccc(C)c2c1N(C(=O)C1CCN(S(=O)(=O)c3cccnc3Cl)CC1)CCC2. The summed E-state index contributed by atoms with van der Waals surface area (Å²) in [5.74, 6) is 0.521. The molecule has 0 bridgehead atoms. The van der Waals surface area contributed by atoms with Gasteiger partial charge in [-0.1, -0.05) is 17.7 Å². The van der Waals surface area contributed by atoms with E-state index in [0.29, 0.717) is 25.1 Å². The van der Waals surface area contributed by atoms with Crippen molar-refractivity contribution >= 4 is 33.2 Å². The molecule has 0 atom stereocenters. The molecule has 166 valence electrons. The van der Waals surface area contributed by atoms with Gasteiger partial charge in [0.05, 0.1) is 12.8 Å². The fourth-order valence-corrected chi connectivity index (χ4v) is 6.40. The van der Waals surface area contributed by atoms with E-state index in [0.717, 1.165) is 29.7 Å². The normalized spacial score (nSPS) is 18.0. The first-order valence-electron chi connectivity index (χ1n) is 10.4. The fourth-order valence-electron chi connectivity index (χ4n) is 4.50. The first-order chi connectivity index (χ1) is 14.8. The van der Waals surface area contributed by atoms with E-state index in [1.807, 2.05) is 17.0 Å². The summed E-state index contributed by atoms with van der Waals surface area (Å²) in [6.07, 6.45) is 4.22. The van der Waals surface area contributed by atoms with Gasteiger partial charge in [-0.05, 0) is 61.9 Å². The van der Waals surface area contributed by atoms with Gasteiger partial charge in [0.2, 0.25) is 15.9 Å². The van der Waals surface area contributed by atoms with Crippen LogP contribution in [0.1, 0.15) is 30.4 Å². The summed E-state index contributed by atoms with van der Waals surface area (Å²) in [6, 6.07) is 6.95. The van der Waals surface area contributed by atoms with Gasteiger partial charge in [0, 0.05) is 31.7 Å². The molecule has 2 aliphatic heterocycles. The van der Waals surface area contributed by atoms with E-state index in [4.69, 9.17) is 16.3 Å². The van der Waals surface area contributed by atoms with Gasteiger partial charge in [-0.25, -0.2) is 13.4 Å². The van der Waals surface area contributed by atoms with Gasteiger partial charge >= 0.3 is 0 Å². The van der Waals surface area contributed by atoms with Gasteiger partial charge in [0.15, 0.2) is 0 Å². The number of piperidine rings is 1. The van der Waals surface area contributed by atoms with Crippen LogP contribution in [0.4, 0.5) is 5.69 Å². The van der Waals surface area contributed by atoms with Crippen LogP contribution in [0.2, 0.25) is 5.15 Å². The minimum Gasteiger partial charge on any atom is -0.495 e. The van der Waals surface area contributed by atoms with Crippen LogP contribution in [0.25, 0.3) is 0 Å². The molecule has 0 N–H and O–H groups in total. The smallest absolute Gasteiger partial charge is 0.246 e. The summed E-state index contributed by atoms with van der Waals surface area (Å²) >= 11 is 6.01. The monoisotopic (exact) mass is 463 g/mol. The highest BCUT2D eigenvalue weighted by atomic mass is 35.5. The first kappa shape index (κ1) is 22.0. The van der Waals surface area contributed by atoms with Gasteiger partial charge in [-0.2, -0.15) is 4.31 Å². The number of anilines is 1. The molecule has 3 heterocycles. The molecule has 31 heavy (non-hydrogen) atoms. The molecular weight excluding hydrogens is 438 g/mol. The molecule has 1 saturated heterocycles. The van der Waals surface area contributed by atoms with Crippen LogP contribution in [-0.4, -0.2) is 50.4 Å². The van der Waals surface area contributed by atoms with Crippen molar-refractivity contribution in [2.24, 2.45) is 5.92 Å². The Bertz CT molecular complexity index is 1100. The zero-order valence-electron chi connectivity index (χ0n) is 17.7. The standard InChI is InChI=1S/C22H26ClN3O4S/c1-15-7-8-18(30-2)20-17(15)5-4-12-26(20)22(27)16-9-13-25(14-10-16)31(28,29)19-6-3-11-24-21(19)23/h3,6-8,11,16H,4-5,9-10,12-14H2,1-2H3. The fraction of sp³-hybridized carbons (Fsp3) is 0.455. The number of rotatable bonds is 4. The topological polar surface area (TPSA) is 79.8 Å². The zero-order valence-corrected chi connectivity index (χ0v) is 19.2. The number of hydrogen-bond donors (Lipinski definition) is 0. The molecule has 0 aliphatic carbocycles. The van der Waals surface area contributed by atoms with Crippen molar-refractivity contribution in [3.8, 4) is 5.75 Å². The molecule has 4 rings (SSSR count). The molecule has 2 aromatic rings. The molecule has 1 aromatic heterocycles. The van der Waals surface area contributed by atoms with Crippen LogP contribution in [0.15, 0.2) is 35.4 Å². The Morgan fingerprint density at radius 1 is 1.19 bits per heavy atom. The second-order valence-corrected chi connectivity index (χ2v) is 10.2. The van der Waals surface area contributed by atoms with Crippen molar-refractivity contribution in [3.05, 3.63) is 46.7 Å². The van der Waals surface area contributed by atoms with Crippen molar-refractivity contribution < 1.29 is 17.9 Å². The maximum Gasteiger partial charge on any atom is 0.246 e. The number of halogens is 1. The number of carbonyl (C=O) groups is 1. The molecule has 9 heteroatoms. The summed E-state index contributed by atoms with van der Waals surface area (Å²) in [5, 5.41) is -0.0342. The zero-order chi connectivity index (χ0) is 22.2. The van der Waals surface area contributed by atoms with Crippen LogP contribution < -0.4 is 9.64 Å². The van der Waals surface area contributed by atoms with Crippen LogP contribution in [-0.2, 0) is 21.2 Å². The number of nitrogens with zero attached hydrogens (tertiary/aromatic N) is 3. The lowest BCUT2D eigenvalue weighted by molar-refractivity contribution is -0.123. The molecule has 0 radical (unpaired) electrons. The molecule has 0 unspecified atom stereocenters.